The molecule has 3 amide bonds. The predicted molar refractivity (Wildman–Crippen MR) is 179 cm³/mol. The van der Waals surface area contributed by atoms with E-state index < -0.39 is 11.2 Å². The van der Waals surface area contributed by atoms with Crippen LogP contribution in [0.5, 0.6) is 0 Å². The smallest absolute Gasteiger partial charge is 0.272 e. The molecule has 7 nitrogen and oxygen atoms in total. The van der Waals surface area contributed by atoms with Crippen LogP contribution in [0.3, 0.4) is 0 Å². The molecule has 9 heteroatoms. The van der Waals surface area contributed by atoms with Gasteiger partial charge in [0.05, 0.1) is 5.69 Å². The molecule has 220 valence electrons. The fraction of sp³-hybridized carbons (Fsp3) is 0.0857. The molecular formula is C35H30N4O3S2. The van der Waals surface area contributed by atoms with Gasteiger partial charge in [-0.25, -0.2) is 4.98 Å². The number of anilines is 2. The van der Waals surface area contributed by atoms with Crippen molar-refractivity contribution in [1.29, 1.82) is 0 Å². The van der Waals surface area contributed by atoms with Gasteiger partial charge in [0, 0.05) is 21.5 Å². The summed E-state index contributed by atoms with van der Waals surface area (Å²) in [5, 5.41) is 10.5. The molecule has 1 aromatic heterocycles. The average Bonchev–Trinajstić information content (AvgIpc) is 3.46. The van der Waals surface area contributed by atoms with E-state index in [1.807, 2.05) is 92.0 Å². The van der Waals surface area contributed by atoms with Gasteiger partial charge in [0.15, 0.2) is 5.13 Å². The lowest BCUT2D eigenvalue weighted by Crippen LogP contribution is -2.30. The maximum Gasteiger partial charge on any atom is 0.272 e. The maximum absolute atomic E-state index is 13.4. The first-order valence-electron chi connectivity index (χ1n) is 13.8. The summed E-state index contributed by atoms with van der Waals surface area (Å²) in [5.74, 6) is -1.02. The Morgan fingerprint density at radius 1 is 0.795 bits per heavy atom. The van der Waals surface area contributed by atoms with Crippen LogP contribution in [0.25, 0.3) is 6.08 Å². The Labute approximate surface area is 264 Å². The molecular weight excluding hydrogens is 589 g/mol. The molecule has 0 bridgehead atoms. The minimum atomic E-state index is -0.516. The van der Waals surface area contributed by atoms with Crippen LogP contribution >= 0.6 is 23.1 Å². The lowest BCUT2D eigenvalue weighted by Gasteiger charge is -2.17. The summed E-state index contributed by atoms with van der Waals surface area (Å²) < 4.78 is 0. The second-order valence-electron chi connectivity index (χ2n) is 9.96. The third-order valence-electron chi connectivity index (χ3n) is 6.47. The molecule has 1 heterocycles. The van der Waals surface area contributed by atoms with E-state index in [0.717, 1.165) is 27.3 Å². The van der Waals surface area contributed by atoms with Crippen LogP contribution in [0, 0.1) is 13.8 Å². The number of nitrogens with one attached hydrogen (secondary N) is 3. The van der Waals surface area contributed by atoms with Crippen LogP contribution < -0.4 is 16.0 Å². The second-order valence-corrected chi connectivity index (χ2v) is 12.0. The van der Waals surface area contributed by atoms with Crippen molar-refractivity contribution in [1.82, 2.24) is 10.3 Å². The maximum atomic E-state index is 13.4. The number of thioether (sulfide) groups is 1. The van der Waals surface area contributed by atoms with E-state index in [4.69, 9.17) is 0 Å². The van der Waals surface area contributed by atoms with Gasteiger partial charge in [0.1, 0.15) is 10.9 Å². The number of carbonyl (C=O) groups excluding carboxylic acids is 3. The molecule has 0 radical (unpaired) electrons. The molecule has 44 heavy (non-hydrogen) atoms. The Morgan fingerprint density at radius 3 is 2.09 bits per heavy atom. The monoisotopic (exact) mass is 618 g/mol. The highest BCUT2D eigenvalue weighted by Gasteiger charge is 2.23. The largest absolute Gasteiger partial charge is 0.321 e. The van der Waals surface area contributed by atoms with E-state index in [1.165, 1.54) is 23.1 Å². The summed E-state index contributed by atoms with van der Waals surface area (Å²) in [4.78, 5) is 44.8. The molecule has 0 fully saturated rings. The normalized spacial score (nSPS) is 11.8. The van der Waals surface area contributed by atoms with Crippen molar-refractivity contribution in [3.8, 4) is 0 Å². The van der Waals surface area contributed by atoms with Gasteiger partial charge in [0.25, 0.3) is 11.8 Å². The molecule has 0 saturated heterocycles. The van der Waals surface area contributed by atoms with Gasteiger partial charge in [-0.05, 0) is 67.4 Å². The van der Waals surface area contributed by atoms with E-state index in [9.17, 15) is 14.4 Å². The number of hydrogen-bond donors (Lipinski definition) is 3. The summed E-state index contributed by atoms with van der Waals surface area (Å²) >= 11 is 2.79. The number of nitrogens with zero attached hydrogens (tertiary/aromatic N) is 1. The second kappa shape index (κ2) is 14.5. The molecule has 5 rings (SSSR count). The van der Waals surface area contributed by atoms with E-state index in [1.54, 1.807) is 42.5 Å². The molecule has 0 aliphatic heterocycles. The van der Waals surface area contributed by atoms with E-state index in [2.05, 4.69) is 20.9 Å². The van der Waals surface area contributed by atoms with E-state index >= 15 is 0 Å². The van der Waals surface area contributed by atoms with Crippen LogP contribution in [0.4, 0.5) is 10.8 Å². The highest BCUT2D eigenvalue weighted by Crippen LogP contribution is 2.37. The summed E-state index contributed by atoms with van der Waals surface area (Å²) in [7, 11) is 0. The van der Waals surface area contributed by atoms with Crippen molar-refractivity contribution in [3.63, 3.8) is 0 Å². The SMILES string of the molecule is Cc1ccc(/C=C(\NC(=O)c2ccccc2)C(=O)Nc2ccc(SC(C(=O)Nc3nc(C)cs3)c3ccccc3)cc2)cc1. The van der Waals surface area contributed by atoms with Crippen molar-refractivity contribution < 1.29 is 14.4 Å². The Balaban J connectivity index is 1.32. The van der Waals surface area contributed by atoms with Gasteiger partial charge in [0.2, 0.25) is 5.91 Å². The number of rotatable bonds is 10. The van der Waals surface area contributed by atoms with Gasteiger partial charge >= 0.3 is 0 Å². The van der Waals surface area contributed by atoms with Crippen molar-refractivity contribution in [2.75, 3.05) is 10.6 Å². The highest BCUT2D eigenvalue weighted by molar-refractivity contribution is 8.00. The topological polar surface area (TPSA) is 100 Å². The molecule has 1 unspecified atom stereocenters. The lowest BCUT2D eigenvalue weighted by atomic mass is 10.1. The number of benzene rings is 4. The zero-order valence-corrected chi connectivity index (χ0v) is 25.7. The van der Waals surface area contributed by atoms with Gasteiger partial charge in [-0.2, -0.15) is 0 Å². The van der Waals surface area contributed by atoms with E-state index in [-0.39, 0.29) is 17.5 Å². The van der Waals surface area contributed by atoms with Gasteiger partial charge in [-0.3, -0.25) is 14.4 Å². The fourth-order valence-corrected chi connectivity index (χ4v) is 5.92. The Kier molecular flexibility index (Phi) is 10.0. The first-order valence-corrected chi connectivity index (χ1v) is 15.6. The van der Waals surface area contributed by atoms with Crippen LogP contribution in [0.1, 0.15) is 38.0 Å². The van der Waals surface area contributed by atoms with Crippen molar-refractivity contribution >= 4 is 57.7 Å². The standard InChI is InChI=1S/C35H30N4O3S2/c1-23-13-15-25(16-14-23)21-30(38-32(40)27-11-7-4-8-12-27)33(41)37-28-17-19-29(20-18-28)44-31(26-9-5-3-6-10-26)34(42)39-35-36-24(2)22-43-35/h3-22,31H,1-2H3,(H,37,41)(H,38,40)(H,36,39,42)/b30-21-. The van der Waals surface area contributed by atoms with Crippen molar-refractivity contribution in [2.24, 2.45) is 0 Å². The molecule has 0 aliphatic rings. The van der Waals surface area contributed by atoms with Crippen LogP contribution in [-0.4, -0.2) is 22.7 Å². The Bertz CT molecular complexity index is 1770. The first kappa shape index (κ1) is 30.5. The third kappa shape index (κ3) is 8.31. The predicted octanol–water partition coefficient (Wildman–Crippen LogP) is 7.64. The van der Waals surface area contributed by atoms with Crippen LogP contribution in [-0.2, 0) is 9.59 Å². The molecule has 4 aromatic carbocycles. The zero-order valence-electron chi connectivity index (χ0n) is 24.1. The van der Waals surface area contributed by atoms with Gasteiger partial charge in [-0.1, -0.05) is 78.4 Å². The third-order valence-corrected chi connectivity index (χ3v) is 8.61. The number of hydrogen-bond acceptors (Lipinski definition) is 6. The van der Waals surface area contributed by atoms with E-state index in [0.29, 0.717) is 16.4 Å². The number of aromatic nitrogens is 1. The molecule has 1 atom stereocenters. The zero-order chi connectivity index (χ0) is 30.9. The van der Waals surface area contributed by atoms with Crippen LogP contribution in [0.2, 0.25) is 0 Å². The number of carbonyl (C=O) groups is 3. The Hall–Kier alpha value is -4.99. The van der Waals surface area contributed by atoms with Crippen molar-refractivity contribution in [3.05, 3.63) is 148 Å². The number of thiazole rings is 1. The fourth-order valence-electron chi connectivity index (χ4n) is 4.21. The van der Waals surface area contributed by atoms with Gasteiger partial charge < -0.3 is 16.0 Å². The molecule has 3 N–H and O–H groups in total. The summed E-state index contributed by atoms with van der Waals surface area (Å²) in [5.41, 5.74) is 4.67. The summed E-state index contributed by atoms with van der Waals surface area (Å²) in [6, 6.07) is 33.2. The van der Waals surface area contributed by atoms with Crippen molar-refractivity contribution in [2.45, 2.75) is 24.0 Å². The van der Waals surface area contributed by atoms with Crippen LogP contribution in [0.15, 0.2) is 125 Å². The highest BCUT2D eigenvalue weighted by atomic mass is 32.2. The minimum Gasteiger partial charge on any atom is -0.321 e. The number of amides is 3. The summed E-state index contributed by atoms with van der Waals surface area (Å²) in [6.07, 6.45) is 1.65. The number of aryl methyl sites for hydroxylation is 2. The quantitative estimate of drug-likeness (QED) is 0.110. The lowest BCUT2D eigenvalue weighted by molar-refractivity contribution is -0.116. The average molecular weight is 619 g/mol. The Morgan fingerprint density at radius 2 is 1.45 bits per heavy atom. The first-order chi connectivity index (χ1) is 21.3. The summed E-state index contributed by atoms with van der Waals surface area (Å²) in [6.45, 7) is 3.87. The molecule has 0 spiro atoms. The molecule has 0 saturated carbocycles. The molecule has 5 aromatic rings. The molecule has 0 aliphatic carbocycles. The minimum absolute atomic E-state index is 0.111. The van der Waals surface area contributed by atoms with Gasteiger partial charge in [-0.15, -0.1) is 23.1 Å².